The molecule has 1 rings (SSSR count). The minimum Gasteiger partial charge on any atom is -0.480 e. The highest BCUT2D eigenvalue weighted by Gasteiger charge is 2.19. The summed E-state index contributed by atoms with van der Waals surface area (Å²) in [6.07, 6.45) is 8.19. The molecule has 0 aromatic carbocycles. The van der Waals surface area contributed by atoms with E-state index in [9.17, 15) is 4.79 Å². The van der Waals surface area contributed by atoms with E-state index in [1.807, 2.05) is 6.92 Å². The van der Waals surface area contributed by atoms with E-state index in [-0.39, 0.29) is 18.4 Å². The van der Waals surface area contributed by atoms with Crippen molar-refractivity contribution >= 4 is 18.4 Å². The Balaban J connectivity index is 0.00000225. The lowest BCUT2D eigenvalue weighted by molar-refractivity contribution is -0.139. The van der Waals surface area contributed by atoms with Gasteiger partial charge >= 0.3 is 5.97 Å². The van der Waals surface area contributed by atoms with Crippen LogP contribution in [-0.2, 0) is 4.79 Å². The topological polar surface area (TPSA) is 49.3 Å². The fraction of sp³-hybridized carbons (Fsp3) is 0.917. The van der Waals surface area contributed by atoms with Crippen molar-refractivity contribution in [3.05, 3.63) is 0 Å². The van der Waals surface area contributed by atoms with Gasteiger partial charge in [0, 0.05) is 0 Å². The monoisotopic (exact) mass is 249 g/mol. The molecule has 96 valence electrons. The van der Waals surface area contributed by atoms with Crippen molar-refractivity contribution in [1.29, 1.82) is 0 Å². The van der Waals surface area contributed by atoms with Crippen LogP contribution in [0, 0.1) is 5.92 Å². The minimum atomic E-state index is -0.701. The van der Waals surface area contributed by atoms with Crippen LogP contribution in [0.3, 0.4) is 0 Å². The summed E-state index contributed by atoms with van der Waals surface area (Å²) in [6.45, 7) is 2.91. The molecule has 0 aromatic heterocycles. The average Bonchev–Trinajstić information content (AvgIpc) is 2.25. The zero-order valence-electron chi connectivity index (χ0n) is 10.1. The Bertz CT molecular complexity index is 193. The molecule has 0 saturated heterocycles. The third-order valence-electron chi connectivity index (χ3n) is 3.25. The Morgan fingerprint density at radius 3 is 2.50 bits per heavy atom. The number of nitrogens with one attached hydrogen (secondary N) is 1. The number of rotatable bonds is 6. The number of hydrogen-bond acceptors (Lipinski definition) is 2. The Hall–Kier alpha value is -0.280. The van der Waals surface area contributed by atoms with Crippen LogP contribution in [0.15, 0.2) is 0 Å². The van der Waals surface area contributed by atoms with Crippen LogP contribution in [0.25, 0.3) is 0 Å². The molecule has 1 fully saturated rings. The summed E-state index contributed by atoms with van der Waals surface area (Å²) in [5, 5.41) is 12.2. The zero-order valence-corrected chi connectivity index (χ0v) is 10.9. The molecule has 16 heavy (non-hydrogen) atoms. The number of halogens is 1. The molecule has 1 atom stereocenters. The fourth-order valence-electron chi connectivity index (χ4n) is 2.30. The SMILES string of the molecule is CCCC(NCC1CCCCC1)C(=O)O.Cl. The summed E-state index contributed by atoms with van der Waals surface area (Å²) in [5.74, 6) is 0.00474. The van der Waals surface area contributed by atoms with Gasteiger partial charge in [-0.05, 0) is 31.7 Å². The van der Waals surface area contributed by atoms with Gasteiger partial charge in [-0.25, -0.2) is 0 Å². The van der Waals surface area contributed by atoms with Crippen molar-refractivity contribution in [1.82, 2.24) is 5.32 Å². The standard InChI is InChI=1S/C12H23NO2.ClH/c1-2-6-11(12(14)15)13-9-10-7-4-3-5-8-10;/h10-11,13H,2-9H2,1H3,(H,14,15);1H. The molecule has 1 saturated carbocycles. The first kappa shape index (κ1) is 15.7. The molecule has 0 aromatic rings. The van der Waals surface area contributed by atoms with Crippen LogP contribution in [0.4, 0.5) is 0 Å². The highest BCUT2D eigenvalue weighted by atomic mass is 35.5. The van der Waals surface area contributed by atoms with Crippen molar-refractivity contribution in [2.45, 2.75) is 57.9 Å². The van der Waals surface area contributed by atoms with Gasteiger partial charge in [-0.3, -0.25) is 4.79 Å². The average molecular weight is 250 g/mol. The van der Waals surface area contributed by atoms with E-state index in [2.05, 4.69) is 5.32 Å². The predicted molar refractivity (Wildman–Crippen MR) is 68.2 cm³/mol. The van der Waals surface area contributed by atoms with E-state index in [1.54, 1.807) is 0 Å². The molecular formula is C12H24ClNO2. The lowest BCUT2D eigenvalue weighted by atomic mass is 9.89. The second kappa shape index (κ2) is 8.82. The first-order chi connectivity index (χ1) is 7.24. The van der Waals surface area contributed by atoms with E-state index in [4.69, 9.17) is 5.11 Å². The van der Waals surface area contributed by atoms with Crippen molar-refractivity contribution in [2.24, 2.45) is 5.92 Å². The maximum atomic E-state index is 10.9. The number of carboxylic acid groups (broad SMARTS) is 1. The summed E-state index contributed by atoms with van der Waals surface area (Å²) >= 11 is 0. The molecule has 1 unspecified atom stereocenters. The van der Waals surface area contributed by atoms with Crippen LogP contribution in [-0.4, -0.2) is 23.7 Å². The molecule has 0 amide bonds. The molecular weight excluding hydrogens is 226 g/mol. The van der Waals surface area contributed by atoms with Crippen LogP contribution in [0.1, 0.15) is 51.9 Å². The predicted octanol–water partition coefficient (Wildman–Crippen LogP) is 2.83. The van der Waals surface area contributed by atoms with Crippen molar-refractivity contribution < 1.29 is 9.90 Å². The Morgan fingerprint density at radius 1 is 1.38 bits per heavy atom. The van der Waals surface area contributed by atoms with Gasteiger partial charge in [0.1, 0.15) is 6.04 Å². The van der Waals surface area contributed by atoms with Crippen molar-refractivity contribution in [2.75, 3.05) is 6.54 Å². The van der Waals surface area contributed by atoms with Crippen LogP contribution in [0.2, 0.25) is 0 Å². The van der Waals surface area contributed by atoms with Gasteiger partial charge in [0.2, 0.25) is 0 Å². The lowest BCUT2D eigenvalue weighted by Crippen LogP contribution is -2.39. The zero-order chi connectivity index (χ0) is 11.1. The Labute approximate surface area is 104 Å². The largest absolute Gasteiger partial charge is 0.480 e. The Kier molecular flexibility index (Phi) is 8.67. The van der Waals surface area contributed by atoms with E-state index in [0.29, 0.717) is 5.92 Å². The maximum Gasteiger partial charge on any atom is 0.320 e. The van der Waals surface area contributed by atoms with E-state index >= 15 is 0 Å². The number of carboxylic acids is 1. The van der Waals surface area contributed by atoms with Crippen LogP contribution < -0.4 is 5.32 Å². The molecule has 3 nitrogen and oxygen atoms in total. The number of carbonyl (C=O) groups is 1. The normalized spacial score (nSPS) is 18.8. The van der Waals surface area contributed by atoms with Crippen molar-refractivity contribution in [3.8, 4) is 0 Å². The second-order valence-corrected chi connectivity index (χ2v) is 4.59. The molecule has 1 aliphatic carbocycles. The van der Waals surface area contributed by atoms with Crippen molar-refractivity contribution in [3.63, 3.8) is 0 Å². The molecule has 0 spiro atoms. The molecule has 0 heterocycles. The summed E-state index contributed by atoms with van der Waals surface area (Å²) < 4.78 is 0. The third kappa shape index (κ3) is 5.71. The third-order valence-corrected chi connectivity index (χ3v) is 3.25. The summed E-state index contributed by atoms with van der Waals surface area (Å²) in [7, 11) is 0. The van der Waals surface area contributed by atoms with E-state index in [0.717, 1.165) is 19.4 Å². The van der Waals surface area contributed by atoms with Gasteiger partial charge in [0.15, 0.2) is 0 Å². The first-order valence-electron chi connectivity index (χ1n) is 6.20. The molecule has 4 heteroatoms. The summed E-state index contributed by atoms with van der Waals surface area (Å²) in [5.41, 5.74) is 0. The molecule has 0 bridgehead atoms. The number of aliphatic carboxylic acids is 1. The summed E-state index contributed by atoms with van der Waals surface area (Å²) in [6, 6.07) is -0.336. The fourth-order valence-corrected chi connectivity index (χ4v) is 2.30. The molecule has 0 aliphatic heterocycles. The van der Waals surface area contributed by atoms with Gasteiger partial charge in [-0.15, -0.1) is 12.4 Å². The van der Waals surface area contributed by atoms with Gasteiger partial charge < -0.3 is 10.4 Å². The minimum absolute atomic E-state index is 0. The molecule has 1 aliphatic rings. The van der Waals surface area contributed by atoms with E-state index in [1.165, 1.54) is 32.1 Å². The van der Waals surface area contributed by atoms with Gasteiger partial charge in [-0.1, -0.05) is 32.6 Å². The van der Waals surface area contributed by atoms with Gasteiger partial charge in [0.25, 0.3) is 0 Å². The Morgan fingerprint density at radius 2 is 2.00 bits per heavy atom. The lowest BCUT2D eigenvalue weighted by Gasteiger charge is -2.23. The second-order valence-electron chi connectivity index (χ2n) is 4.59. The van der Waals surface area contributed by atoms with Crippen LogP contribution in [0.5, 0.6) is 0 Å². The first-order valence-corrected chi connectivity index (χ1v) is 6.20. The quantitative estimate of drug-likeness (QED) is 0.761. The van der Waals surface area contributed by atoms with Crippen LogP contribution >= 0.6 is 12.4 Å². The molecule has 2 N–H and O–H groups in total. The van der Waals surface area contributed by atoms with Gasteiger partial charge in [0.05, 0.1) is 0 Å². The number of hydrogen-bond donors (Lipinski definition) is 2. The highest BCUT2D eigenvalue weighted by molar-refractivity contribution is 5.85. The van der Waals surface area contributed by atoms with Gasteiger partial charge in [-0.2, -0.15) is 0 Å². The summed E-state index contributed by atoms with van der Waals surface area (Å²) in [4.78, 5) is 10.9. The smallest absolute Gasteiger partial charge is 0.320 e. The van der Waals surface area contributed by atoms with E-state index < -0.39 is 5.97 Å². The highest BCUT2D eigenvalue weighted by Crippen LogP contribution is 2.22. The maximum absolute atomic E-state index is 10.9. The molecule has 0 radical (unpaired) electrons.